The van der Waals surface area contributed by atoms with Crippen LogP contribution in [-0.4, -0.2) is 38.7 Å². The minimum atomic E-state index is -4.54. The van der Waals surface area contributed by atoms with Gasteiger partial charge in [-0.1, -0.05) is 37.3 Å². The second-order valence-corrected chi connectivity index (χ2v) is 8.68. The number of H-pyrrole nitrogens is 1. The lowest BCUT2D eigenvalue weighted by atomic mass is 9.77. The van der Waals surface area contributed by atoms with E-state index in [2.05, 4.69) is 10.2 Å². The number of aromatic amines is 1. The van der Waals surface area contributed by atoms with E-state index in [1.165, 1.54) is 35.2 Å². The van der Waals surface area contributed by atoms with E-state index in [-0.39, 0.29) is 11.6 Å². The zero-order valence-electron chi connectivity index (χ0n) is 18.7. The predicted molar refractivity (Wildman–Crippen MR) is 119 cm³/mol. The summed E-state index contributed by atoms with van der Waals surface area (Å²) in [5.41, 5.74) is -0.949. The molecule has 35 heavy (non-hydrogen) atoms. The SMILES string of the molecule is C[C@H]([C@@H](c1ccc(F)cc1)c1cccc(C(F)(F)F)c1)[C@H]1CCCN1C(=O)c1[nH]ncc(=O)c1O. The molecule has 3 atom stereocenters. The number of carbonyl (C=O) groups is 1. The van der Waals surface area contributed by atoms with Gasteiger partial charge in [0.25, 0.3) is 5.91 Å². The van der Waals surface area contributed by atoms with Gasteiger partial charge in [0.15, 0.2) is 11.4 Å². The normalized spacial score (nSPS) is 17.9. The average Bonchev–Trinajstić information content (AvgIpc) is 3.31. The van der Waals surface area contributed by atoms with E-state index in [4.69, 9.17) is 0 Å². The number of benzene rings is 2. The summed E-state index contributed by atoms with van der Waals surface area (Å²) in [5, 5.41) is 16.0. The number of alkyl halides is 3. The Morgan fingerprint density at radius 2 is 1.89 bits per heavy atom. The Morgan fingerprint density at radius 1 is 1.17 bits per heavy atom. The summed E-state index contributed by atoms with van der Waals surface area (Å²) in [6.07, 6.45) is -2.49. The summed E-state index contributed by atoms with van der Waals surface area (Å²) in [5.74, 6) is -2.81. The molecule has 2 heterocycles. The maximum Gasteiger partial charge on any atom is 0.416 e. The molecule has 10 heteroatoms. The van der Waals surface area contributed by atoms with Crippen molar-refractivity contribution in [3.8, 4) is 5.75 Å². The number of amides is 1. The minimum Gasteiger partial charge on any atom is -0.502 e. The molecule has 0 bridgehead atoms. The number of rotatable bonds is 5. The molecule has 0 radical (unpaired) electrons. The van der Waals surface area contributed by atoms with E-state index >= 15 is 0 Å². The fourth-order valence-corrected chi connectivity index (χ4v) is 4.88. The van der Waals surface area contributed by atoms with Gasteiger partial charge in [0.2, 0.25) is 5.43 Å². The predicted octanol–water partition coefficient (Wildman–Crippen LogP) is 4.71. The van der Waals surface area contributed by atoms with Crippen molar-refractivity contribution >= 4 is 5.91 Å². The molecule has 2 aromatic carbocycles. The molecule has 1 aromatic heterocycles. The van der Waals surface area contributed by atoms with E-state index in [1.54, 1.807) is 6.07 Å². The lowest BCUT2D eigenvalue weighted by Gasteiger charge is -2.35. The first-order chi connectivity index (χ1) is 16.6. The van der Waals surface area contributed by atoms with E-state index in [9.17, 15) is 32.3 Å². The molecule has 1 aliphatic rings. The van der Waals surface area contributed by atoms with E-state index in [1.807, 2.05) is 6.92 Å². The van der Waals surface area contributed by atoms with Gasteiger partial charge >= 0.3 is 6.18 Å². The smallest absolute Gasteiger partial charge is 0.416 e. The highest BCUT2D eigenvalue weighted by molar-refractivity contribution is 5.95. The molecule has 0 saturated carbocycles. The number of carbonyl (C=O) groups excluding carboxylic acids is 1. The van der Waals surface area contributed by atoms with Gasteiger partial charge in [-0.2, -0.15) is 18.3 Å². The van der Waals surface area contributed by atoms with E-state index in [0.717, 1.165) is 18.3 Å². The first kappa shape index (κ1) is 24.4. The standard InChI is InChI=1S/C25H23F4N3O3/c1-14(19-6-3-11-32(19)24(35)22-23(34)20(33)13-30-31-22)21(15-7-9-18(26)10-8-15)16-4-2-5-17(12-16)25(27,28)29/h2,4-5,7-10,12-14,19,21H,3,6,11H2,1H3,(H,30,34)(H,31,33)/t14-,19+,21-/m0/s1. The van der Waals surface area contributed by atoms with Crippen LogP contribution in [0.5, 0.6) is 5.75 Å². The third kappa shape index (κ3) is 4.91. The summed E-state index contributed by atoms with van der Waals surface area (Å²) in [6, 6.07) is 10.1. The molecule has 6 nitrogen and oxygen atoms in total. The summed E-state index contributed by atoms with van der Waals surface area (Å²) in [4.78, 5) is 26.5. The zero-order valence-corrected chi connectivity index (χ0v) is 18.7. The van der Waals surface area contributed by atoms with Crippen molar-refractivity contribution in [2.24, 2.45) is 5.92 Å². The van der Waals surface area contributed by atoms with Crippen LogP contribution in [0.4, 0.5) is 17.6 Å². The van der Waals surface area contributed by atoms with Gasteiger partial charge in [0, 0.05) is 18.5 Å². The number of aromatic nitrogens is 2. The van der Waals surface area contributed by atoms with Crippen LogP contribution >= 0.6 is 0 Å². The maximum absolute atomic E-state index is 13.6. The Labute approximate surface area is 198 Å². The minimum absolute atomic E-state index is 0.336. The van der Waals surface area contributed by atoms with Crippen LogP contribution in [0, 0.1) is 11.7 Å². The maximum atomic E-state index is 13.6. The van der Waals surface area contributed by atoms with Crippen LogP contribution in [0.1, 0.15) is 52.9 Å². The highest BCUT2D eigenvalue weighted by atomic mass is 19.4. The lowest BCUT2D eigenvalue weighted by Crippen LogP contribution is -2.42. The second kappa shape index (κ2) is 9.52. The quantitative estimate of drug-likeness (QED) is 0.509. The Balaban J connectivity index is 1.75. The number of nitrogens with one attached hydrogen (secondary N) is 1. The molecule has 0 aliphatic carbocycles. The molecule has 3 aromatic rings. The van der Waals surface area contributed by atoms with Crippen molar-refractivity contribution in [1.82, 2.24) is 15.1 Å². The lowest BCUT2D eigenvalue weighted by molar-refractivity contribution is -0.137. The number of hydrogen-bond acceptors (Lipinski definition) is 4. The molecule has 1 aliphatic heterocycles. The molecule has 0 unspecified atom stereocenters. The molecule has 2 N–H and O–H groups in total. The van der Waals surface area contributed by atoms with Crippen LogP contribution < -0.4 is 5.43 Å². The van der Waals surface area contributed by atoms with Gasteiger partial charge < -0.3 is 10.0 Å². The zero-order chi connectivity index (χ0) is 25.3. The van der Waals surface area contributed by atoms with Crippen LogP contribution in [0.3, 0.4) is 0 Å². The van der Waals surface area contributed by atoms with Crippen molar-refractivity contribution in [3.05, 3.63) is 93.2 Å². The molecule has 1 saturated heterocycles. The first-order valence-electron chi connectivity index (χ1n) is 11.1. The number of halogens is 4. The molecule has 4 rings (SSSR count). The third-order valence-electron chi connectivity index (χ3n) is 6.54. The van der Waals surface area contributed by atoms with Crippen molar-refractivity contribution in [2.75, 3.05) is 6.54 Å². The van der Waals surface area contributed by atoms with Crippen molar-refractivity contribution in [1.29, 1.82) is 0 Å². The summed E-state index contributed by atoms with van der Waals surface area (Å²) in [7, 11) is 0. The van der Waals surface area contributed by atoms with E-state index < -0.39 is 46.6 Å². The van der Waals surface area contributed by atoms with Crippen LogP contribution in [0.25, 0.3) is 0 Å². The average molecular weight is 489 g/mol. The van der Waals surface area contributed by atoms with Gasteiger partial charge in [-0.3, -0.25) is 14.7 Å². The van der Waals surface area contributed by atoms with Crippen molar-refractivity contribution in [3.63, 3.8) is 0 Å². The fraction of sp³-hybridized carbons (Fsp3) is 0.320. The Morgan fingerprint density at radius 3 is 2.57 bits per heavy atom. The highest BCUT2D eigenvalue weighted by Gasteiger charge is 2.39. The Hall–Kier alpha value is -3.69. The molecule has 1 amide bonds. The van der Waals surface area contributed by atoms with Gasteiger partial charge in [0.05, 0.1) is 11.8 Å². The molecule has 0 spiro atoms. The van der Waals surface area contributed by atoms with Crippen molar-refractivity contribution < 1.29 is 27.5 Å². The van der Waals surface area contributed by atoms with Crippen molar-refractivity contribution in [2.45, 2.75) is 37.9 Å². The molecule has 184 valence electrons. The topological polar surface area (TPSA) is 86.3 Å². The third-order valence-corrected chi connectivity index (χ3v) is 6.54. The van der Waals surface area contributed by atoms with Gasteiger partial charge in [0.1, 0.15) is 5.82 Å². The monoisotopic (exact) mass is 489 g/mol. The summed E-state index contributed by atoms with van der Waals surface area (Å²) in [6.45, 7) is 2.17. The van der Waals surface area contributed by atoms with Gasteiger partial charge in [-0.15, -0.1) is 0 Å². The Bertz CT molecular complexity index is 1270. The van der Waals surface area contributed by atoms with Crippen LogP contribution in [0.15, 0.2) is 59.5 Å². The van der Waals surface area contributed by atoms with E-state index in [0.29, 0.717) is 30.5 Å². The second-order valence-electron chi connectivity index (χ2n) is 8.68. The molecule has 1 fully saturated rings. The first-order valence-corrected chi connectivity index (χ1v) is 11.1. The number of aromatic hydroxyl groups is 1. The molecular weight excluding hydrogens is 466 g/mol. The van der Waals surface area contributed by atoms with Crippen LogP contribution in [-0.2, 0) is 6.18 Å². The number of likely N-dealkylation sites (tertiary alicyclic amines) is 1. The molecular formula is C25H23F4N3O3. The summed E-state index contributed by atoms with van der Waals surface area (Å²) < 4.78 is 54.0. The Kier molecular flexibility index (Phi) is 6.64. The highest BCUT2D eigenvalue weighted by Crippen LogP contribution is 2.41. The summed E-state index contributed by atoms with van der Waals surface area (Å²) >= 11 is 0. The van der Waals surface area contributed by atoms with Gasteiger partial charge in [-0.05, 0) is 48.1 Å². The number of hydrogen-bond donors (Lipinski definition) is 2. The largest absolute Gasteiger partial charge is 0.502 e. The fourth-order valence-electron chi connectivity index (χ4n) is 4.88. The van der Waals surface area contributed by atoms with Gasteiger partial charge in [-0.25, -0.2) is 4.39 Å². The number of nitrogens with zero attached hydrogens (tertiary/aromatic N) is 2. The van der Waals surface area contributed by atoms with Crippen LogP contribution in [0.2, 0.25) is 0 Å².